The van der Waals surface area contributed by atoms with E-state index in [0.717, 1.165) is 5.56 Å². The third kappa shape index (κ3) is 3.80. The van der Waals surface area contributed by atoms with Crippen molar-refractivity contribution in [1.29, 1.82) is 0 Å². The first-order chi connectivity index (χ1) is 11.5. The SMILES string of the molecule is CN(C)c1nc(N)nc(CSc2ncc(-c3ccc(F)cc3)o2)n1. The molecule has 0 unspecified atom stereocenters. The van der Waals surface area contributed by atoms with Crippen LogP contribution in [-0.2, 0) is 5.75 Å². The quantitative estimate of drug-likeness (QED) is 0.705. The number of thioether (sulfide) groups is 1. The standard InChI is InChI=1S/C15H15FN6OS/c1-22(2)14-20-12(19-13(17)21-14)8-24-15-18-7-11(23-15)9-3-5-10(16)6-4-9/h3-7H,8H2,1-2H3,(H2,17,19,20,21). The molecule has 24 heavy (non-hydrogen) atoms. The van der Waals surface area contributed by atoms with Crippen molar-refractivity contribution in [2.75, 3.05) is 24.7 Å². The first kappa shape index (κ1) is 16.2. The fraction of sp³-hybridized carbons (Fsp3) is 0.200. The number of nitrogens with two attached hydrogens (primary N) is 1. The van der Waals surface area contributed by atoms with Crippen molar-refractivity contribution < 1.29 is 8.81 Å². The third-order valence-corrected chi connectivity index (χ3v) is 3.86. The lowest BCUT2D eigenvalue weighted by Gasteiger charge is -2.10. The zero-order valence-electron chi connectivity index (χ0n) is 13.1. The summed E-state index contributed by atoms with van der Waals surface area (Å²) < 4.78 is 18.6. The molecule has 2 N–H and O–H groups in total. The van der Waals surface area contributed by atoms with E-state index in [4.69, 9.17) is 10.2 Å². The average Bonchev–Trinajstić information content (AvgIpc) is 3.02. The molecule has 0 radical (unpaired) electrons. The van der Waals surface area contributed by atoms with E-state index in [-0.39, 0.29) is 11.8 Å². The number of nitrogens with zero attached hydrogens (tertiary/aromatic N) is 5. The summed E-state index contributed by atoms with van der Waals surface area (Å²) in [5, 5.41) is 0.472. The van der Waals surface area contributed by atoms with Gasteiger partial charge in [0.25, 0.3) is 5.22 Å². The summed E-state index contributed by atoms with van der Waals surface area (Å²) in [7, 11) is 3.66. The van der Waals surface area contributed by atoms with Crippen LogP contribution in [-0.4, -0.2) is 34.0 Å². The van der Waals surface area contributed by atoms with Crippen molar-refractivity contribution in [3.05, 3.63) is 42.1 Å². The predicted octanol–water partition coefficient (Wildman–Crippen LogP) is 2.61. The van der Waals surface area contributed by atoms with Gasteiger partial charge in [0, 0.05) is 19.7 Å². The zero-order valence-corrected chi connectivity index (χ0v) is 13.9. The molecule has 9 heteroatoms. The van der Waals surface area contributed by atoms with Crippen molar-refractivity contribution in [2.24, 2.45) is 0 Å². The number of halogens is 1. The number of benzene rings is 1. The highest BCUT2D eigenvalue weighted by Gasteiger charge is 2.10. The van der Waals surface area contributed by atoms with Gasteiger partial charge in [0.05, 0.1) is 11.9 Å². The monoisotopic (exact) mass is 346 g/mol. The summed E-state index contributed by atoms with van der Waals surface area (Å²) in [6.45, 7) is 0. The second kappa shape index (κ2) is 6.83. The first-order valence-electron chi connectivity index (χ1n) is 7.03. The molecule has 124 valence electrons. The maximum atomic E-state index is 13.0. The lowest BCUT2D eigenvalue weighted by molar-refractivity contribution is 0.466. The molecule has 7 nitrogen and oxygen atoms in total. The van der Waals surface area contributed by atoms with Gasteiger partial charge in [-0.15, -0.1) is 0 Å². The van der Waals surface area contributed by atoms with E-state index in [1.165, 1.54) is 23.9 Å². The summed E-state index contributed by atoms with van der Waals surface area (Å²) >= 11 is 1.34. The van der Waals surface area contributed by atoms with E-state index < -0.39 is 0 Å². The number of anilines is 2. The summed E-state index contributed by atoms with van der Waals surface area (Å²) in [5.74, 6) is 1.93. The van der Waals surface area contributed by atoms with Crippen LogP contribution in [0.1, 0.15) is 5.82 Å². The van der Waals surface area contributed by atoms with Crippen LogP contribution >= 0.6 is 11.8 Å². The molecular formula is C15H15FN6OS. The number of rotatable bonds is 5. The largest absolute Gasteiger partial charge is 0.431 e. The van der Waals surface area contributed by atoms with Crippen molar-refractivity contribution in [3.8, 4) is 11.3 Å². The van der Waals surface area contributed by atoms with Crippen LogP contribution in [0.5, 0.6) is 0 Å². The van der Waals surface area contributed by atoms with Gasteiger partial charge in [-0.1, -0.05) is 11.8 Å². The zero-order chi connectivity index (χ0) is 17.1. The Morgan fingerprint density at radius 1 is 1.17 bits per heavy atom. The van der Waals surface area contributed by atoms with E-state index in [1.807, 2.05) is 14.1 Å². The van der Waals surface area contributed by atoms with Crippen molar-refractivity contribution >= 4 is 23.7 Å². The molecule has 0 fully saturated rings. The van der Waals surface area contributed by atoms with Crippen LogP contribution in [0.15, 0.2) is 40.1 Å². The lowest BCUT2D eigenvalue weighted by atomic mass is 10.2. The van der Waals surface area contributed by atoms with Crippen molar-refractivity contribution in [1.82, 2.24) is 19.9 Å². The van der Waals surface area contributed by atoms with Crippen LogP contribution in [0.2, 0.25) is 0 Å². The maximum Gasteiger partial charge on any atom is 0.256 e. The van der Waals surface area contributed by atoms with E-state index in [2.05, 4.69) is 19.9 Å². The van der Waals surface area contributed by atoms with Gasteiger partial charge in [-0.25, -0.2) is 9.37 Å². The molecule has 0 atom stereocenters. The second-order valence-electron chi connectivity index (χ2n) is 5.09. The van der Waals surface area contributed by atoms with E-state index >= 15 is 0 Å². The van der Waals surface area contributed by atoms with E-state index in [9.17, 15) is 4.39 Å². The highest BCUT2D eigenvalue weighted by molar-refractivity contribution is 7.98. The minimum Gasteiger partial charge on any atom is -0.431 e. The lowest BCUT2D eigenvalue weighted by Crippen LogP contribution is -2.15. The van der Waals surface area contributed by atoms with Crippen molar-refractivity contribution in [2.45, 2.75) is 11.0 Å². The summed E-state index contributed by atoms with van der Waals surface area (Å²) in [4.78, 5) is 18.4. The number of aromatic nitrogens is 4. The molecule has 0 amide bonds. The fourth-order valence-electron chi connectivity index (χ4n) is 1.89. The van der Waals surface area contributed by atoms with Gasteiger partial charge in [0.2, 0.25) is 11.9 Å². The Hall–Kier alpha value is -2.68. The van der Waals surface area contributed by atoms with Crippen LogP contribution < -0.4 is 10.6 Å². The minimum atomic E-state index is -0.294. The highest BCUT2D eigenvalue weighted by Crippen LogP contribution is 2.27. The Bertz CT molecular complexity index is 836. The van der Waals surface area contributed by atoms with Gasteiger partial charge in [-0.2, -0.15) is 15.0 Å². The van der Waals surface area contributed by atoms with Gasteiger partial charge >= 0.3 is 0 Å². The molecule has 2 heterocycles. The normalized spacial score (nSPS) is 10.8. The number of hydrogen-bond acceptors (Lipinski definition) is 8. The van der Waals surface area contributed by atoms with Crippen LogP contribution in [0.3, 0.4) is 0 Å². The van der Waals surface area contributed by atoms with Crippen LogP contribution in [0.25, 0.3) is 11.3 Å². The Morgan fingerprint density at radius 2 is 1.92 bits per heavy atom. The summed E-state index contributed by atoms with van der Waals surface area (Å²) in [6.07, 6.45) is 1.60. The van der Waals surface area contributed by atoms with Crippen LogP contribution in [0.4, 0.5) is 16.3 Å². The van der Waals surface area contributed by atoms with Crippen LogP contribution in [0, 0.1) is 5.82 Å². The van der Waals surface area contributed by atoms with Crippen molar-refractivity contribution in [3.63, 3.8) is 0 Å². The second-order valence-corrected chi connectivity index (χ2v) is 6.02. The Morgan fingerprint density at radius 3 is 2.62 bits per heavy atom. The number of nitrogen functional groups attached to an aromatic ring is 1. The molecule has 0 spiro atoms. The molecule has 2 aromatic heterocycles. The van der Waals surface area contributed by atoms with Gasteiger partial charge in [0.15, 0.2) is 5.76 Å². The molecule has 0 aliphatic carbocycles. The predicted molar refractivity (Wildman–Crippen MR) is 90.0 cm³/mol. The summed E-state index contributed by atoms with van der Waals surface area (Å²) in [5.41, 5.74) is 6.45. The Labute approximate surface area is 142 Å². The van der Waals surface area contributed by atoms with E-state index in [0.29, 0.717) is 28.5 Å². The van der Waals surface area contributed by atoms with Gasteiger partial charge < -0.3 is 15.1 Å². The molecule has 3 rings (SSSR count). The molecule has 0 saturated heterocycles. The minimum absolute atomic E-state index is 0.170. The van der Waals surface area contributed by atoms with Gasteiger partial charge in [-0.3, -0.25) is 0 Å². The topological polar surface area (TPSA) is 94.0 Å². The molecule has 0 aliphatic rings. The third-order valence-electron chi connectivity index (χ3n) is 3.03. The van der Waals surface area contributed by atoms with Gasteiger partial charge in [-0.05, 0) is 24.3 Å². The fourth-order valence-corrected chi connectivity index (χ4v) is 2.55. The maximum absolute atomic E-state index is 13.0. The smallest absolute Gasteiger partial charge is 0.256 e. The number of oxazole rings is 1. The molecular weight excluding hydrogens is 331 g/mol. The molecule has 1 aromatic carbocycles. The van der Waals surface area contributed by atoms with E-state index in [1.54, 1.807) is 23.2 Å². The van der Waals surface area contributed by atoms with Gasteiger partial charge in [0.1, 0.15) is 11.6 Å². The molecule has 0 bridgehead atoms. The Kier molecular flexibility index (Phi) is 4.61. The Balaban J connectivity index is 1.70. The first-order valence-corrected chi connectivity index (χ1v) is 8.02. The molecule has 0 saturated carbocycles. The number of hydrogen-bond donors (Lipinski definition) is 1. The highest BCUT2D eigenvalue weighted by atomic mass is 32.2. The summed E-state index contributed by atoms with van der Waals surface area (Å²) in [6, 6.07) is 6.03. The average molecular weight is 346 g/mol. The molecule has 3 aromatic rings. The molecule has 0 aliphatic heterocycles.